The highest BCUT2D eigenvalue weighted by Crippen LogP contribution is 2.32. The molecule has 0 unspecified atom stereocenters. The van der Waals surface area contributed by atoms with Crippen LogP contribution in [-0.2, 0) is 14.3 Å². The Labute approximate surface area is 156 Å². The smallest absolute Gasteiger partial charge is 0.343 e. The molecule has 2 rings (SSSR count). The second kappa shape index (κ2) is 8.21. The van der Waals surface area contributed by atoms with Gasteiger partial charge in [0.1, 0.15) is 5.75 Å². The van der Waals surface area contributed by atoms with Crippen molar-refractivity contribution in [2.24, 2.45) is 0 Å². The fraction of sp³-hybridized carbons (Fsp3) is 0.188. The summed E-state index contributed by atoms with van der Waals surface area (Å²) in [7, 11) is 1.28. The molecule has 0 aromatic heterocycles. The molecule has 0 atom stereocenters. The van der Waals surface area contributed by atoms with Gasteiger partial charge in [-0.2, -0.15) is 0 Å². The first-order chi connectivity index (χ1) is 11.5. The standard InChI is InChI=1S/C16H12INO5S/c1-3-6-18-15(20)13(24-16(18)21)8-10-4-5-12(11(17)7-10)23-9-14(19)22-2/h1,4-5,7-8H,6,9H2,2H3/b13-8+. The lowest BCUT2D eigenvalue weighted by Crippen LogP contribution is -2.28. The number of ether oxygens (including phenoxy) is 2. The molecule has 0 radical (unpaired) electrons. The summed E-state index contributed by atoms with van der Waals surface area (Å²) in [4.78, 5) is 36.3. The Balaban J connectivity index is 2.15. The van der Waals surface area contributed by atoms with Gasteiger partial charge in [0.25, 0.3) is 11.1 Å². The molecule has 0 saturated carbocycles. The third-order valence-electron chi connectivity index (χ3n) is 2.95. The maximum atomic E-state index is 12.1. The number of methoxy groups -OCH3 is 1. The van der Waals surface area contributed by atoms with Gasteiger partial charge in [-0.15, -0.1) is 6.42 Å². The van der Waals surface area contributed by atoms with Crippen LogP contribution in [0.2, 0.25) is 0 Å². The van der Waals surface area contributed by atoms with Crippen molar-refractivity contribution in [3.05, 3.63) is 32.2 Å². The number of benzene rings is 1. The number of carbonyl (C=O) groups excluding carboxylic acids is 3. The third-order valence-corrected chi connectivity index (χ3v) is 4.70. The lowest BCUT2D eigenvalue weighted by molar-refractivity contribution is -0.142. The molecule has 0 aliphatic carbocycles. The van der Waals surface area contributed by atoms with Crippen molar-refractivity contribution in [1.82, 2.24) is 4.90 Å². The largest absolute Gasteiger partial charge is 0.481 e. The van der Waals surface area contributed by atoms with Crippen LogP contribution in [0, 0.1) is 15.9 Å². The van der Waals surface area contributed by atoms with Crippen LogP contribution in [0.3, 0.4) is 0 Å². The zero-order chi connectivity index (χ0) is 17.7. The summed E-state index contributed by atoms with van der Waals surface area (Å²) in [6.07, 6.45) is 6.77. The molecule has 1 aliphatic rings. The third kappa shape index (κ3) is 4.30. The van der Waals surface area contributed by atoms with E-state index in [1.807, 2.05) is 0 Å². The van der Waals surface area contributed by atoms with Gasteiger partial charge in [-0.1, -0.05) is 12.0 Å². The van der Waals surface area contributed by atoms with Crippen molar-refractivity contribution in [1.29, 1.82) is 0 Å². The topological polar surface area (TPSA) is 72.9 Å². The van der Waals surface area contributed by atoms with E-state index < -0.39 is 11.9 Å². The number of amides is 2. The average Bonchev–Trinajstić information content (AvgIpc) is 2.81. The molecule has 1 aliphatic heterocycles. The number of terminal acetylenes is 1. The van der Waals surface area contributed by atoms with Crippen molar-refractivity contribution in [3.8, 4) is 18.1 Å². The van der Waals surface area contributed by atoms with Crippen LogP contribution < -0.4 is 4.74 Å². The first-order valence-electron chi connectivity index (χ1n) is 6.64. The van der Waals surface area contributed by atoms with E-state index in [1.54, 1.807) is 24.3 Å². The quantitative estimate of drug-likeness (QED) is 0.293. The van der Waals surface area contributed by atoms with E-state index in [0.717, 1.165) is 25.8 Å². The van der Waals surface area contributed by atoms with E-state index in [9.17, 15) is 14.4 Å². The molecule has 1 aromatic rings. The summed E-state index contributed by atoms with van der Waals surface area (Å²) in [5.41, 5.74) is 0.732. The maximum Gasteiger partial charge on any atom is 0.343 e. The molecule has 24 heavy (non-hydrogen) atoms. The highest BCUT2D eigenvalue weighted by atomic mass is 127. The molecular weight excluding hydrogens is 445 g/mol. The molecule has 1 aromatic carbocycles. The van der Waals surface area contributed by atoms with Crippen molar-refractivity contribution in [2.45, 2.75) is 0 Å². The Morgan fingerprint density at radius 1 is 1.46 bits per heavy atom. The Morgan fingerprint density at radius 2 is 2.21 bits per heavy atom. The van der Waals surface area contributed by atoms with Crippen molar-refractivity contribution < 1.29 is 23.9 Å². The molecule has 0 bridgehead atoms. The monoisotopic (exact) mass is 457 g/mol. The van der Waals surface area contributed by atoms with Crippen molar-refractivity contribution in [3.63, 3.8) is 0 Å². The van der Waals surface area contributed by atoms with Gasteiger partial charge in [0.15, 0.2) is 6.61 Å². The van der Waals surface area contributed by atoms with Crippen LogP contribution in [0.25, 0.3) is 6.08 Å². The molecule has 8 heteroatoms. The molecule has 1 fully saturated rings. The predicted molar refractivity (Wildman–Crippen MR) is 98.2 cm³/mol. The highest BCUT2D eigenvalue weighted by Gasteiger charge is 2.34. The molecule has 1 heterocycles. The van der Waals surface area contributed by atoms with E-state index in [4.69, 9.17) is 11.2 Å². The van der Waals surface area contributed by atoms with E-state index in [1.165, 1.54) is 7.11 Å². The summed E-state index contributed by atoms with van der Waals surface area (Å²) in [5, 5.41) is -0.378. The molecule has 0 N–H and O–H groups in total. The summed E-state index contributed by atoms with van der Waals surface area (Å²) < 4.78 is 10.6. The number of esters is 1. The number of halogens is 1. The van der Waals surface area contributed by atoms with Gasteiger partial charge in [0, 0.05) is 0 Å². The fourth-order valence-electron chi connectivity index (χ4n) is 1.80. The van der Waals surface area contributed by atoms with Gasteiger partial charge in [-0.25, -0.2) is 4.79 Å². The van der Waals surface area contributed by atoms with Gasteiger partial charge in [-0.05, 0) is 58.1 Å². The molecule has 124 valence electrons. The molecule has 6 nitrogen and oxygen atoms in total. The van der Waals surface area contributed by atoms with Crippen LogP contribution in [0.15, 0.2) is 23.1 Å². The molecule has 2 amide bonds. The number of carbonyl (C=O) groups is 3. The summed E-state index contributed by atoms with van der Waals surface area (Å²) in [6, 6.07) is 5.19. The van der Waals surface area contributed by atoms with Crippen molar-refractivity contribution >= 4 is 57.5 Å². The first kappa shape index (κ1) is 18.4. The van der Waals surface area contributed by atoms with Gasteiger partial charge >= 0.3 is 5.97 Å². The number of nitrogens with zero attached hydrogens (tertiary/aromatic N) is 1. The SMILES string of the molecule is C#CCN1C(=O)S/C(=C/c2ccc(OCC(=O)OC)c(I)c2)C1=O. The summed E-state index contributed by atoms with van der Waals surface area (Å²) in [5.74, 6) is 1.94. The Morgan fingerprint density at radius 3 is 2.83 bits per heavy atom. The van der Waals surface area contributed by atoms with Crippen LogP contribution in [0.5, 0.6) is 5.75 Å². The molecule has 0 spiro atoms. The predicted octanol–water partition coefficient (Wildman–Crippen LogP) is 2.51. The summed E-state index contributed by atoms with van der Waals surface area (Å²) in [6.45, 7) is -0.226. The normalized spacial score (nSPS) is 15.5. The zero-order valence-electron chi connectivity index (χ0n) is 12.6. The van der Waals surface area contributed by atoms with Crippen LogP contribution in [0.1, 0.15) is 5.56 Å². The van der Waals surface area contributed by atoms with E-state index in [0.29, 0.717) is 10.7 Å². The van der Waals surface area contributed by atoms with Crippen LogP contribution >= 0.6 is 34.4 Å². The first-order valence-corrected chi connectivity index (χ1v) is 8.53. The minimum absolute atomic E-state index is 0.0418. The Kier molecular flexibility index (Phi) is 6.28. The van der Waals surface area contributed by atoms with Crippen molar-refractivity contribution in [2.75, 3.05) is 20.3 Å². The number of imide groups is 1. The van der Waals surface area contributed by atoms with Crippen LogP contribution in [0.4, 0.5) is 4.79 Å². The second-order valence-corrected chi connectivity index (χ2v) is 6.68. The number of thioether (sulfide) groups is 1. The zero-order valence-corrected chi connectivity index (χ0v) is 15.5. The molecular formula is C16H12INO5S. The fourth-order valence-corrected chi connectivity index (χ4v) is 3.33. The van der Waals surface area contributed by atoms with E-state index in [-0.39, 0.29) is 18.4 Å². The van der Waals surface area contributed by atoms with E-state index in [2.05, 4.69) is 33.2 Å². The lowest BCUT2D eigenvalue weighted by atomic mass is 10.2. The Bertz CT molecular complexity index is 768. The van der Waals surface area contributed by atoms with Gasteiger partial charge in [-0.3, -0.25) is 14.5 Å². The Hall–Kier alpha value is -1.99. The van der Waals surface area contributed by atoms with Gasteiger partial charge in [0.05, 0.1) is 22.1 Å². The second-order valence-electron chi connectivity index (χ2n) is 4.53. The maximum absolute atomic E-state index is 12.1. The summed E-state index contributed by atoms with van der Waals surface area (Å²) >= 11 is 2.91. The van der Waals surface area contributed by atoms with E-state index >= 15 is 0 Å². The number of hydrogen-bond acceptors (Lipinski definition) is 6. The highest BCUT2D eigenvalue weighted by molar-refractivity contribution is 14.1. The minimum atomic E-state index is -0.475. The lowest BCUT2D eigenvalue weighted by Gasteiger charge is -2.08. The van der Waals surface area contributed by atoms with Gasteiger partial charge in [0.2, 0.25) is 0 Å². The number of hydrogen-bond donors (Lipinski definition) is 0. The van der Waals surface area contributed by atoms with Crippen LogP contribution in [-0.4, -0.2) is 42.3 Å². The number of rotatable bonds is 5. The molecule has 1 saturated heterocycles. The minimum Gasteiger partial charge on any atom is -0.481 e. The van der Waals surface area contributed by atoms with Gasteiger partial charge < -0.3 is 9.47 Å². The average molecular weight is 457 g/mol.